The van der Waals surface area contributed by atoms with Gasteiger partial charge in [0.2, 0.25) is 5.91 Å². The molecule has 1 aromatic carbocycles. The molecule has 0 aliphatic carbocycles. The van der Waals surface area contributed by atoms with Crippen molar-refractivity contribution in [3.05, 3.63) is 48.0 Å². The second-order valence-electron chi connectivity index (χ2n) is 4.26. The Bertz CT molecular complexity index is 704. The summed E-state index contributed by atoms with van der Waals surface area (Å²) < 4.78 is 13.5. The number of hydrogen-bond acceptors (Lipinski definition) is 4. The molecule has 6 nitrogen and oxygen atoms in total. The maximum Gasteiger partial charge on any atom is 0.257 e. The van der Waals surface area contributed by atoms with Crippen molar-refractivity contribution in [2.75, 3.05) is 10.6 Å². The first kappa shape index (κ1) is 14.4. The first-order valence-corrected chi connectivity index (χ1v) is 5.98. The lowest BCUT2D eigenvalue weighted by Crippen LogP contribution is -2.13. The quantitative estimate of drug-likeness (QED) is 0.807. The molecule has 0 bridgehead atoms. The highest BCUT2D eigenvalue weighted by molar-refractivity contribution is 6.04. The van der Waals surface area contributed by atoms with Gasteiger partial charge in [-0.25, -0.2) is 4.39 Å². The van der Waals surface area contributed by atoms with Crippen LogP contribution in [0, 0.1) is 5.82 Å². The van der Waals surface area contributed by atoms with Crippen LogP contribution in [-0.4, -0.2) is 21.9 Å². The average molecular weight is 289 g/mol. The van der Waals surface area contributed by atoms with E-state index < -0.39 is 17.6 Å². The van der Waals surface area contributed by atoms with E-state index in [0.29, 0.717) is 5.69 Å². The maximum atomic E-state index is 13.5. The number of aromatic nitrogens is 1. The number of carbonyl (C=O) groups excluding carboxylic acids is 2. The molecule has 0 aliphatic rings. The highest BCUT2D eigenvalue weighted by Crippen LogP contribution is 2.20. The predicted octanol–water partition coefficient (Wildman–Crippen LogP) is 2.14. The summed E-state index contributed by atoms with van der Waals surface area (Å²) in [5, 5.41) is 14.1. The number of nitrogens with zero attached hydrogens (tertiary/aromatic N) is 1. The third kappa shape index (κ3) is 3.75. The first-order chi connectivity index (χ1) is 9.95. The van der Waals surface area contributed by atoms with Crippen LogP contribution in [0.3, 0.4) is 0 Å². The van der Waals surface area contributed by atoms with Gasteiger partial charge in [0, 0.05) is 18.8 Å². The van der Waals surface area contributed by atoms with Crippen LogP contribution in [0.2, 0.25) is 0 Å². The van der Waals surface area contributed by atoms with Gasteiger partial charge in [-0.2, -0.15) is 0 Å². The van der Waals surface area contributed by atoms with E-state index in [1.807, 2.05) is 0 Å². The Labute approximate surface area is 119 Å². The number of benzene rings is 1. The molecular weight excluding hydrogens is 277 g/mol. The molecule has 0 spiro atoms. The maximum absolute atomic E-state index is 13.5. The van der Waals surface area contributed by atoms with Crippen molar-refractivity contribution in [3.8, 4) is 5.75 Å². The Morgan fingerprint density at radius 2 is 1.95 bits per heavy atom. The summed E-state index contributed by atoms with van der Waals surface area (Å²) in [6, 6.07) is 5.03. The number of carbonyl (C=O) groups is 2. The fourth-order valence-electron chi connectivity index (χ4n) is 1.64. The van der Waals surface area contributed by atoms with E-state index in [1.165, 1.54) is 37.5 Å². The molecule has 1 aromatic heterocycles. The molecule has 0 aliphatic heterocycles. The van der Waals surface area contributed by atoms with Crippen LogP contribution in [0.4, 0.5) is 15.8 Å². The molecule has 0 unspecified atom stereocenters. The Hall–Kier alpha value is -2.96. The molecule has 0 fully saturated rings. The lowest BCUT2D eigenvalue weighted by molar-refractivity contribution is -0.114. The zero-order valence-electron chi connectivity index (χ0n) is 11.1. The highest BCUT2D eigenvalue weighted by atomic mass is 19.1. The second kappa shape index (κ2) is 6.00. The van der Waals surface area contributed by atoms with Gasteiger partial charge in [0.25, 0.3) is 5.91 Å². The van der Waals surface area contributed by atoms with Crippen LogP contribution in [0.1, 0.15) is 17.3 Å². The average Bonchev–Trinajstić information content (AvgIpc) is 2.42. The molecule has 0 atom stereocenters. The van der Waals surface area contributed by atoms with Crippen LogP contribution in [0.25, 0.3) is 0 Å². The number of aromatic hydroxyl groups is 1. The lowest BCUT2D eigenvalue weighted by atomic mass is 10.2. The standard InChI is InChI=1S/C14H12FN3O3/c1-8(19)17-13-5-10(2-3-12(13)15)18-14(21)9-4-11(20)7-16-6-9/h2-7,20H,1H3,(H,17,19)(H,18,21). The molecule has 108 valence electrons. The Kier molecular flexibility index (Phi) is 4.13. The summed E-state index contributed by atoms with van der Waals surface area (Å²) in [6.45, 7) is 1.25. The van der Waals surface area contributed by atoms with Gasteiger partial charge in [-0.1, -0.05) is 0 Å². The van der Waals surface area contributed by atoms with Crippen molar-refractivity contribution in [1.29, 1.82) is 0 Å². The topological polar surface area (TPSA) is 91.3 Å². The summed E-state index contributed by atoms with van der Waals surface area (Å²) in [4.78, 5) is 26.6. The molecule has 0 saturated heterocycles. The van der Waals surface area contributed by atoms with Gasteiger partial charge in [-0.05, 0) is 24.3 Å². The van der Waals surface area contributed by atoms with Crippen molar-refractivity contribution >= 4 is 23.2 Å². The van der Waals surface area contributed by atoms with E-state index >= 15 is 0 Å². The molecule has 0 saturated carbocycles. The molecule has 0 radical (unpaired) electrons. The summed E-state index contributed by atoms with van der Waals surface area (Å²) in [5.74, 6) is -1.68. The van der Waals surface area contributed by atoms with Crippen molar-refractivity contribution in [2.45, 2.75) is 6.92 Å². The van der Waals surface area contributed by atoms with Crippen LogP contribution >= 0.6 is 0 Å². The summed E-state index contributed by atoms with van der Waals surface area (Å²) in [7, 11) is 0. The molecule has 2 rings (SSSR count). The molecular formula is C14H12FN3O3. The molecule has 1 heterocycles. The number of pyridine rings is 1. The van der Waals surface area contributed by atoms with Gasteiger partial charge in [0.05, 0.1) is 17.4 Å². The largest absolute Gasteiger partial charge is 0.506 e. The van der Waals surface area contributed by atoms with Gasteiger partial charge in [-0.15, -0.1) is 0 Å². The zero-order valence-corrected chi connectivity index (χ0v) is 11.1. The molecule has 21 heavy (non-hydrogen) atoms. The van der Waals surface area contributed by atoms with Crippen molar-refractivity contribution in [3.63, 3.8) is 0 Å². The Morgan fingerprint density at radius 3 is 2.62 bits per heavy atom. The molecule has 3 N–H and O–H groups in total. The third-order valence-corrected chi connectivity index (χ3v) is 2.52. The zero-order chi connectivity index (χ0) is 15.4. The van der Waals surface area contributed by atoms with E-state index in [9.17, 15) is 19.1 Å². The van der Waals surface area contributed by atoms with Crippen LogP contribution in [-0.2, 0) is 4.79 Å². The third-order valence-electron chi connectivity index (χ3n) is 2.52. The SMILES string of the molecule is CC(=O)Nc1cc(NC(=O)c2cncc(O)c2)ccc1F. The van der Waals surface area contributed by atoms with Crippen LogP contribution < -0.4 is 10.6 Å². The number of rotatable bonds is 3. The summed E-state index contributed by atoms with van der Waals surface area (Å²) >= 11 is 0. The van der Waals surface area contributed by atoms with E-state index in [-0.39, 0.29) is 17.0 Å². The molecule has 2 aromatic rings. The monoisotopic (exact) mass is 289 g/mol. The first-order valence-electron chi connectivity index (χ1n) is 5.98. The molecule has 2 amide bonds. The van der Waals surface area contributed by atoms with E-state index in [2.05, 4.69) is 15.6 Å². The number of anilines is 2. The highest BCUT2D eigenvalue weighted by Gasteiger charge is 2.10. The minimum absolute atomic E-state index is 0.0330. The van der Waals surface area contributed by atoms with Crippen molar-refractivity contribution in [1.82, 2.24) is 4.98 Å². The van der Waals surface area contributed by atoms with Crippen LogP contribution in [0.15, 0.2) is 36.7 Å². The minimum Gasteiger partial charge on any atom is -0.506 e. The summed E-state index contributed by atoms with van der Waals surface area (Å²) in [6.07, 6.45) is 2.48. The van der Waals surface area contributed by atoms with Crippen LogP contribution in [0.5, 0.6) is 5.75 Å². The minimum atomic E-state index is -0.609. The van der Waals surface area contributed by atoms with E-state index in [4.69, 9.17) is 0 Å². The fourth-order valence-corrected chi connectivity index (χ4v) is 1.64. The van der Waals surface area contributed by atoms with E-state index in [1.54, 1.807) is 0 Å². The lowest BCUT2D eigenvalue weighted by Gasteiger charge is -2.09. The van der Waals surface area contributed by atoms with Crippen molar-refractivity contribution < 1.29 is 19.1 Å². The Balaban J connectivity index is 2.19. The predicted molar refractivity (Wildman–Crippen MR) is 74.6 cm³/mol. The fraction of sp³-hybridized carbons (Fsp3) is 0.0714. The summed E-state index contributed by atoms with van der Waals surface area (Å²) in [5.41, 5.74) is 0.420. The van der Waals surface area contributed by atoms with Gasteiger partial charge in [0.15, 0.2) is 0 Å². The Morgan fingerprint density at radius 1 is 1.19 bits per heavy atom. The van der Waals surface area contributed by atoms with Crippen molar-refractivity contribution in [2.24, 2.45) is 0 Å². The normalized spacial score (nSPS) is 10.0. The van der Waals surface area contributed by atoms with E-state index in [0.717, 1.165) is 6.07 Å². The van der Waals surface area contributed by atoms with Gasteiger partial charge in [0.1, 0.15) is 11.6 Å². The number of hydrogen-bond donors (Lipinski definition) is 3. The van der Waals surface area contributed by atoms with Gasteiger partial charge < -0.3 is 15.7 Å². The smallest absolute Gasteiger partial charge is 0.257 e. The number of amides is 2. The number of nitrogens with one attached hydrogen (secondary N) is 2. The second-order valence-corrected chi connectivity index (χ2v) is 4.26. The number of halogens is 1. The van der Waals surface area contributed by atoms with Gasteiger partial charge in [-0.3, -0.25) is 14.6 Å². The molecule has 7 heteroatoms. The van der Waals surface area contributed by atoms with Gasteiger partial charge >= 0.3 is 0 Å².